The summed E-state index contributed by atoms with van der Waals surface area (Å²) in [6.45, 7) is 14.0. The molecule has 0 bridgehead atoms. The average Bonchev–Trinajstić information content (AvgIpc) is 2.54. The fourth-order valence-corrected chi connectivity index (χ4v) is 3.08. The Kier molecular flexibility index (Phi) is 5.65. The molecule has 0 aliphatic heterocycles. The summed E-state index contributed by atoms with van der Waals surface area (Å²) in [6.07, 6.45) is 11.5. The minimum absolute atomic E-state index is 0.0660. The van der Waals surface area contributed by atoms with Gasteiger partial charge in [-0.25, -0.2) is 0 Å². The summed E-state index contributed by atoms with van der Waals surface area (Å²) in [5.41, 5.74) is 3.67. The van der Waals surface area contributed by atoms with Gasteiger partial charge in [-0.15, -0.1) is 0 Å². The smallest absolute Gasteiger partial charge is 0.224 e. The molecule has 0 aromatic rings. The minimum Gasteiger partial charge on any atom is -0.493 e. The van der Waals surface area contributed by atoms with Crippen LogP contribution in [0.15, 0.2) is 70.1 Å². The summed E-state index contributed by atoms with van der Waals surface area (Å²) < 4.78 is 5.28. The average molecular weight is 367 g/mol. The van der Waals surface area contributed by atoms with Crippen LogP contribution in [-0.4, -0.2) is 18.7 Å². The van der Waals surface area contributed by atoms with E-state index in [0.29, 0.717) is 5.76 Å². The minimum atomic E-state index is -0.269. The number of Topliss-reactive ketones (excluding diaryl/α,β-unsaturated/α-hetero) is 2. The van der Waals surface area contributed by atoms with Crippen molar-refractivity contribution in [2.75, 3.05) is 7.11 Å². The zero-order valence-corrected chi connectivity index (χ0v) is 17.7. The molecule has 0 unspecified atom stereocenters. The van der Waals surface area contributed by atoms with E-state index in [0.717, 1.165) is 27.9 Å². The molecule has 3 heteroatoms. The molecule has 0 atom stereocenters. The van der Waals surface area contributed by atoms with E-state index >= 15 is 0 Å². The summed E-state index contributed by atoms with van der Waals surface area (Å²) in [5.74, 6) is 0.388. The lowest BCUT2D eigenvalue weighted by Gasteiger charge is -2.25. The van der Waals surface area contributed by atoms with Crippen LogP contribution in [-0.2, 0) is 14.3 Å². The molecule has 0 aromatic carbocycles. The van der Waals surface area contributed by atoms with Gasteiger partial charge in [0.25, 0.3) is 0 Å². The fourth-order valence-electron chi connectivity index (χ4n) is 3.08. The topological polar surface area (TPSA) is 43.4 Å². The molecule has 0 heterocycles. The highest BCUT2D eigenvalue weighted by Gasteiger charge is 2.30. The van der Waals surface area contributed by atoms with Crippen molar-refractivity contribution in [3.8, 4) is 0 Å². The van der Waals surface area contributed by atoms with E-state index in [1.54, 1.807) is 6.08 Å². The number of rotatable bonds is 2. The van der Waals surface area contributed by atoms with Gasteiger partial charge in [-0.2, -0.15) is 0 Å². The Morgan fingerprint density at radius 2 is 1.19 bits per heavy atom. The Hall–Kier alpha value is -2.42. The van der Waals surface area contributed by atoms with Crippen LogP contribution >= 0.6 is 0 Å². The lowest BCUT2D eigenvalue weighted by molar-refractivity contribution is -0.116. The van der Waals surface area contributed by atoms with Crippen molar-refractivity contribution in [3.05, 3.63) is 70.1 Å². The standard InChI is InChI=1S/C24H30O3/c1-15-11-16(12-18(21(15)25)23(2,3)4)9-10-17-13-19(24(5,6)7)22(26)20(14-17)27-8/h9-14H,1-8H3/b16-9-,17-10+. The zero-order valence-electron chi connectivity index (χ0n) is 17.7. The predicted octanol–water partition coefficient (Wildman–Crippen LogP) is 5.43. The zero-order chi connectivity index (χ0) is 20.6. The third-order valence-electron chi connectivity index (χ3n) is 4.68. The highest BCUT2D eigenvalue weighted by atomic mass is 16.5. The van der Waals surface area contributed by atoms with Gasteiger partial charge < -0.3 is 4.74 Å². The molecule has 0 aromatic heterocycles. The van der Waals surface area contributed by atoms with E-state index in [-0.39, 0.29) is 22.4 Å². The van der Waals surface area contributed by atoms with Crippen LogP contribution < -0.4 is 0 Å². The van der Waals surface area contributed by atoms with Gasteiger partial charge in [0.2, 0.25) is 5.78 Å². The largest absolute Gasteiger partial charge is 0.493 e. The van der Waals surface area contributed by atoms with E-state index in [2.05, 4.69) is 0 Å². The summed E-state index contributed by atoms with van der Waals surface area (Å²) in [6, 6.07) is 0. The Bertz CT molecular complexity index is 854. The number of hydrogen-bond donors (Lipinski definition) is 0. The van der Waals surface area contributed by atoms with Crippen LogP contribution in [0.25, 0.3) is 0 Å². The van der Waals surface area contributed by atoms with Gasteiger partial charge in [0.1, 0.15) is 0 Å². The predicted molar refractivity (Wildman–Crippen MR) is 110 cm³/mol. The van der Waals surface area contributed by atoms with E-state index in [1.165, 1.54) is 7.11 Å². The number of methoxy groups -OCH3 is 1. The van der Waals surface area contributed by atoms with Gasteiger partial charge in [0.15, 0.2) is 11.5 Å². The highest BCUT2D eigenvalue weighted by molar-refractivity contribution is 6.11. The van der Waals surface area contributed by atoms with Crippen molar-refractivity contribution >= 4 is 11.6 Å². The molecule has 2 aliphatic rings. The lowest BCUT2D eigenvalue weighted by Crippen LogP contribution is -2.22. The fraction of sp³-hybridized carbons (Fsp3) is 0.417. The molecule has 0 radical (unpaired) electrons. The molecule has 0 saturated heterocycles. The van der Waals surface area contributed by atoms with E-state index in [1.807, 2.05) is 78.8 Å². The van der Waals surface area contributed by atoms with E-state index < -0.39 is 0 Å². The summed E-state index contributed by atoms with van der Waals surface area (Å²) in [5, 5.41) is 0. The van der Waals surface area contributed by atoms with Crippen LogP contribution in [0.5, 0.6) is 0 Å². The lowest BCUT2D eigenvalue weighted by atomic mass is 9.78. The van der Waals surface area contributed by atoms with Crippen LogP contribution in [0.2, 0.25) is 0 Å². The maximum absolute atomic E-state index is 12.5. The first kappa shape index (κ1) is 20.9. The molecular formula is C24H30O3. The third kappa shape index (κ3) is 4.65. The van der Waals surface area contributed by atoms with Crippen LogP contribution in [0, 0.1) is 10.8 Å². The second-order valence-electron chi connectivity index (χ2n) is 9.15. The number of carbonyl (C=O) groups excluding carboxylic acids is 2. The Balaban J connectivity index is 2.49. The molecule has 2 aliphatic carbocycles. The van der Waals surface area contributed by atoms with Gasteiger partial charge in [0.05, 0.1) is 7.11 Å². The first-order chi connectivity index (χ1) is 12.3. The van der Waals surface area contributed by atoms with Crippen molar-refractivity contribution in [1.82, 2.24) is 0 Å². The summed E-state index contributed by atoms with van der Waals surface area (Å²) in [7, 11) is 1.52. The molecule has 3 nitrogen and oxygen atoms in total. The van der Waals surface area contributed by atoms with Gasteiger partial charge in [-0.3, -0.25) is 9.59 Å². The number of allylic oxidation sites excluding steroid dienone is 11. The van der Waals surface area contributed by atoms with Gasteiger partial charge in [-0.1, -0.05) is 53.7 Å². The molecule has 0 fully saturated rings. The monoisotopic (exact) mass is 366 g/mol. The quantitative estimate of drug-likeness (QED) is 0.655. The molecule has 0 saturated carbocycles. The van der Waals surface area contributed by atoms with Crippen molar-refractivity contribution in [2.45, 2.75) is 48.5 Å². The van der Waals surface area contributed by atoms with Crippen LogP contribution in [0.3, 0.4) is 0 Å². The third-order valence-corrected chi connectivity index (χ3v) is 4.68. The Labute approximate surface area is 162 Å². The number of carbonyl (C=O) groups is 2. The maximum Gasteiger partial charge on any atom is 0.224 e. The molecular weight excluding hydrogens is 336 g/mol. The highest BCUT2D eigenvalue weighted by Crippen LogP contribution is 2.34. The normalized spacial score (nSPS) is 21.8. The van der Waals surface area contributed by atoms with E-state index in [4.69, 9.17) is 4.74 Å². The first-order valence-electron chi connectivity index (χ1n) is 9.24. The van der Waals surface area contributed by atoms with Crippen molar-refractivity contribution in [1.29, 1.82) is 0 Å². The second-order valence-corrected chi connectivity index (χ2v) is 9.15. The second kappa shape index (κ2) is 7.30. The maximum atomic E-state index is 12.5. The van der Waals surface area contributed by atoms with Crippen molar-refractivity contribution in [2.24, 2.45) is 10.8 Å². The molecule has 0 amide bonds. The molecule has 144 valence electrons. The SMILES string of the molecule is COC1=C/C(=C/C=C2/C=C(C)C(=O)C(C(C)(C)C)=C2)C=C(C(C)(C)C)C1=O. The Morgan fingerprint density at radius 1 is 0.741 bits per heavy atom. The summed E-state index contributed by atoms with van der Waals surface area (Å²) >= 11 is 0. The van der Waals surface area contributed by atoms with Crippen molar-refractivity contribution < 1.29 is 14.3 Å². The van der Waals surface area contributed by atoms with Gasteiger partial charge in [-0.05, 0) is 58.8 Å². The number of ether oxygens (including phenoxy) is 1. The molecule has 0 N–H and O–H groups in total. The number of hydrogen-bond acceptors (Lipinski definition) is 3. The first-order valence-corrected chi connectivity index (χ1v) is 9.24. The molecule has 0 spiro atoms. The molecule has 2 rings (SSSR count). The van der Waals surface area contributed by atoms with Gasteiger partial charge >= 0.3 is 0 Å². The van der Waals surface area contributed by atoms with E-state index in [9.17, 15) is 9.59 Å². The summed E-state index contributed by atoms with van der Waals surface area (Å²) in [4.78, 5) is 25.0. The number of ketones is 2. The Morgan fingerprint density at radius 3 is 1.63 bits per heavy atom. The van der Waals surface area contributed by atoms with Crippen LogP contribution in [0.4, 0.5) is 0 Å². The van der Waals surface area contributed by atoms with Crippen LogP contribution in [0.1, 0.15) is 48.5 Å². The van der Waals surface area contributed by atoms with Crippen molar-refractivity contribution in [3.63, 3.8) is 0 Å². The molecule has 27 heavy (non-hydrogen) atoms. The van der Waals surface area contributed by atoms with Gasteiger partial charge in [0, 0.05) is 11.1 Å².